The number of carbonyl (C=O) groups is 1. The summed E-state index contributed by atoms with van der Waals surface area (Å²) >= 11 is 4.11. The van der Waals surface area contributed by atoms with Crippen LogP contribution in [0.1, 0.15) is 13.3 Å². The van der Waals surface area contributed by atoms with Crippen LogP contribution in [0.15, 0.2) is 12.4 Å². The highest BCUT2D eigenvalue weighted by molar-refractivity contribution is 7.80. The lowest BCUT2D eigenvalue weighted by Crippen LogP contribution is -2.28. The third-order valence-electron chi connectivity index (χ3n) is 2.16. The molecular formula is C11H19N5OS. The average Bonchev–Trinajstić information content (AvgIpc) is 2.41. The molecule has 7 heteroatoms. The molecule has 0 saturated carbocycles. The lowest BCUT2D eigenvalue weighted by atomic mass is 10.4. The van der Waals surface area contributed by atoms with E-state index in [9.17, 15) is 4.79 Å². The van der Waals surface area contributed by atoms with E-state index in [1.54, 1.807) is 0 Å². The van der Waals surface area contributed by atoms with Gasteiger partial charge in [0.25, 0.3) is 0 Å². The highest BCUT2D eigenvalue weighted by Gasteiger charge is 1.98. The summed E-state index contributed by atoms with van der Waals surface area (Å²) < 4.78 is 0. The summed E-state index contributed by atoms with van der Waals surface area (Å²) in [5.41, 5.74) is 0. The average molecular weight is 269 g/mol. The van der Waals surface area contributed by atoms with Crippen LogP contribution in [-0.2, 0) is 4.79 Å². The highest BCUT2D eigenvalue weighted by atomic mass is 32.1. The van der Waals surface area contributed by atoms with Crippen LogP contribution >= 0.6 is 12.6 Å². The third kappa shape index (κ3) is 5.72. The molecule has 0 fully saturated rings. The SMILES string of the molecule is CCC(=O)NCCNc1cc(NCCS)ncn1. The van der Waals surface area contributed by atoms with Crippen molar-refractivity contribution in [1.29, 1.82) is 0 Å². The Labute approximate surface area is 112 Å². The van der Waals surface area contributed by atoms with Crippen LogP contribution in [-0.4, -0.2) is 41.3 Å². The number of hydrogen-bond acceptors (Lipinski definition) is 6. The van der Waals surface area contributed by atoms with Gasteiger partial charge in [-0.25, -0.2) is 9.97 Å². The maximum Gasteiger partial charge on any atom is 0.219 e. The van der Waals surface area contributed by atoms with Gasteiger partial charge in [-0.1, -0.05) is 6.92 Å². The van der Waals surface area contributed by atoms with Gasteiger partial charge in [0.15, 0.2) is 0 Å². The Kier molecular flexibility index (Phi) is 6.93. The Morgan fingerprint density at radius 1 is 1.22 bits per heavy atom. The second-order valence-corrected chi connectivity index (χ2v) is 4.02. The molecule has 0 unspecified atom stereocenters. The summed E-state index contributed by atoms with van der Waals surface area (Å²) in [5, 5.41) is 9.01. The summed E-state index contributed by atoms with van der Waals surface area (Å²) in [6, 6.07) is 1.82. The van der Waals surface area contributed by atoms with E-state index < -0.39 is 0 Å². The number of hydrogen-bond donors (Lipinski definition) is 4. The molecule has 0 bridgehead atoms. The molecule has 6 nitrogen and oxygen atoms in total. The third-order valence-corrected chi connectivity index (χ3v) is 2.38. The summed E-state index contributed by atoms with van der Waals surface area (Å²) in [5.74, 6) is 2.29. The van der Waals surface area contributed by atoms with Gasteiger partial charge in [-0.3, -0.25) is 4.79 Å². The van der Waals surface area contributed by atoms with Crippen LogP contribution in [0.5, 0.6) is 0 Å². The quantitative estimate of drug-likeness (QED) is 0.414. The zero-order valence-corrected chi connectivity index (χ0v) is 11.3. The van der Waals surface area contributed by atoms with E-state index in [2.05, 4.69) is 38.5 Å². The molecule has 100 valence electrons. The monoisotopic (exact) mass is 269 g/mol. The largest absolute Gasteiger partial charge is 0.369 e. The number of anilines is 2. The number of nitrogens with zero attached hydrogens (tertiary/aromatic N) is 2. The van der Waals surface area contributed by atoms with Gasteiger partial charge in [-0.15, -0.1) is 0 Å². The van der Waals surface area contributed by atoms with Gasteiger partial charge < -0.3 is 16.0 Å². The second kappa shape index (κ2) is 8.57. The van der Waals surface area contributed by atoms with E-state index in [-0.39, 0.29) is 5.91 Å². The minimum atomic E-state index is 0.0515. The summed E-state index contributed by atoms with van der Waals surface area (Å²) in [7, 11) is 0. The molecule has 0 saturated heterocycles. The van der Waals surface area contributed by atoms with E-state index in [1.165, 1.54) is 6.33 Å². The topological polar surface area (TPSA) is 78.9 Å². The zero-order valence-electron chi connectivity index (χ0n) is 10.4. The molecule has 1 amide bonds. The van der Waals surface area contributed by atoms with Crippen LogP contribution in [0.2, 0.25) is 0 Å². The first-order valence-corrected chi connectivity index (χ1v) is 6.57. The fraction of sp³-hybridized carbons (Fsp3) is 0.545. The molecule has 0 aliphatic carbocycles. The van der Waals surface area contributed by atoms with Crippen molar-refractivity contribution < 1.29 is 4.79 Å². The lowest BCUT2D eigenvalue weighted by Gasteiger charge is -2.08. The minimum absolute atomic E-state index is 0.0515. The molecule has 0 aliphatic rings. The number of nitrogens with one attached hydrogen (secondary N) is 3. The first-order valence-electron chi connectivity index (χ1n) is 5.93. The van der Waals surface area contributed by atoms with E-state index in [0.29, 0.717) is 19.5 Å². The van der Waals surface area contributed by atoms with Crippen molar-refractivity contribution in [3.8, 4) is 0 Å². The summed E-state index contributed by atoms with van der Waals surface area (Å²) in [4.78, 5) is 19.2. The Bertz CT molecular complexity index is 374. The van der Waals surface area contributed by atoms with Crippen molar-refractivity contribution in [2.45, 2.75) is 13.3 Å². The van der Waals surface area contributed by atoms with E-state index in [0.717, 1.165) is 23.9 Å². The molecular weight excluding hydrogens is 250 g/mol. The van der Waals surface area contributed by atoms with Crippen LogP contribution in [0.25, 0.3) is 0 Å². The molecule has 0 aliphatic heterocycles. The van der Waals surface area contributed by atoms with Gasteiger partial charge in [0.05, 0.1) is 0 Å². The smallest absolute Gasteiger partial charge is 0.219 e. The Morgan fingerprint density at radius 3 is 2.50 bits per heavy atom. The van der Waals surface area contributed by atoms with Gasteiger partial charge in [-0.2, -0.15) is 12.6 Å². The molecule has 1 heterocycles. The van der Waals surface area contributed by atoms with Crippen molar-refractivity contribution in [3.05, 3.63) is 12.4 Å². The van der Waals surface area contributed by atoms with Crippen LogP contribution in [0, 0.1) is 0 Å². The zero-order chi connectivity index (χ0) is 13.2. The highest BCUT2D eigenvalue weighted by Crippen LogP contribution is 2.07. The van der Waals surface area contributed by atoms with Crippen LogP contribution in [0.4, 0.5) is 11.6 Å². The minimum Gasteiger partial charge on any atom is -0.369 e. The van der Waals surface area contributed by atoms with Crippen LogP contribution in [0.3, 0.4) is 0 Å². The van der Waals surface area contributed by atoms with Gasteiger partial charge in [0.2, 0.25) is 5.91 Å². The predicted octanol–water partition coefficient (Wildman–Crippen LogP) is 0.756. The number of aromatic nitrogens is 2. The molecule has 0 aromatic carbocycles. The van der Waals surface area contributed by atoms with Crippen molar-refractivity contribution in [2.24, 2.45) is 0 Å². The standard InChI is InChI=1S/C11H19N5OS/c1-2-11(17)14-4-3-12-9-7-10(13-5-6-18)16-8-15-9/h7-8,18H,2-6H2,1H3,(H,14,17)(H2,12,13,15,16). The maximum atomic E-state index is 11.0. The molecule has 1 rings (SSSR count). The number of amides is 1. The molecule has 1 aromatic rings. The van der Waals surface area contributed by atoms with E-state index >= 15 is 0 Å². The number of thiol groups is 1. The molecule has 0 radical (unpaired) electrons. The normalized spacial score (nSPS) is 9.89. The Morgan fingerprint density at radius 2 is 1.89 bits per heavy atom. The number of rotatable bonds is 8. The van der Waals surface area contributed by atoms with Crippen molar-refractivity contribution in [3.63, 3.8) is 0 Å². The lowest BCUT2D eigenvalue weighted by molar-refractivity contribution is -0.120. The molecule has 0 atom stereocenters. The molecule has 3 N–H and O–H groups in total. The Hall–Kier alpha value is -1.50. The van der Waals surface area contributed by atoms with Gasteiger partial charge in [0, 0.05) is 37.9 Å². The maximum absolute atomic E-state index is 11.0. The second-order valence-electron chi connectivity index (χ2n) is 3.57. The van der Waals surface area contributed by atoms with E-state index in [4.69, 9.17) is 0 Å². The number of carbonyl (C=O) groups excluding carboxylic acids is 1. The van der Waals surface area contributed by atoms with Crippen LogP contribution < -0.4 is 16.0 Å². The van der Waals surface area contributed by atoms with Crippen molar-refractivity contribution in [2.75, 3.05) is 36.0 Å². The molecule has 1 aromatic heterocycles. The molecule has 18 heavy (non-hydrogen) atoms. The molecule has 0 spiro atoms. The fourth-order valence-electron chi connectivity index (χ4n) is 1.25. The Balaban J connectivity index is 2.31. The van der Waals surface area contributed by atoms with Gasteiger partial charge in [-0.05, 0) is 0 Å². The summed E-state index contributed by atoms with van der Waals surface area (Å²) in [6.45, 7) is 3.80. The van der Waals surface area contributed by atoms with Crippen molar-refractivity contribution >= 4 is 30.2 Å². The first kappa shape index (κ1) is 14.6. The van der Waals surface area contributed by atoms with E-state index in [1.807, 2.05) is 13.0 Å². The predicted molar refractivity (Wildman–Crippen MR) is 76.2 cm³/mol. The summed E-state index contributed by atoms with van der Waals surface area (Å²) in [6.07, 6.45) is 2.00. The van der Waals surface area contributed by atoms with Crippen molar-refractivity contribution in [1.82, 2.24) is 15.3 Å². The van der Waals surface area contributed by atoms with Gasteiger partial charge in [0.1, 0.15) is 18.0 Å². The fourth-order valence-corrected chi connectivity index (χ4v) is 1.36. The van der Waals surface area contributed by atoms with Gasteiger partial charge >= 0.3 is 0 Å². The first-order chi connectivity index (χ1) is 8.76.